The number of hydrogen-bond acceptors (Lipinski definition) is 0. The lowest BCUT2D eigenvalue weighted by Gasteiger charge is -2.56. The van der Waals surface area contributed by atoms with E-state index in [1.54, 1.807) is 0 Å². The van der Waals surface area contributed by atoms with E-state index in [0.29, 0.717) is 5.41 Å². The Labute approximate surface area is 76.1 Å². The van der Waals surface area contributed by atoms with Crippen molar-refractivity contribution in [3.8, 4) is 0 Å². The second-order valence-electron chi connectivity index (χ2n) is 5.14. The van der Waals surface area contributed by atoms with Gasteiger partial charge < -0.3 is 0 Å². The molecule has 0 aromatic carbocycles. The van der Waals surface area contributed by atoms with Crippen LogP contribution in [-0.4, -0.2) is 0 Å². The van der Waals surface area contributed by atoms with Crippen molar-refractivity contribution in [3.63, 3.8) is 0 Å². The molecule has 2 atom stereocenters. The molecule has 1 fully saturated rings. The summed E-state index contributed by atoms with van der Waals surface area (Å²) in [6.45, 7) is 9.58. The van der Waals surface area contributed by atoms with Crippen molar-refractivity contribution in [3.05, 3.63) is 12.2 Å². The molecule has 3 rings (SSSR count). The highest BCUT2D eigenvalue weighted by atomic mass is 14.6. The Balaban J connectivity index is 2.28. The molecule has 0 amide bonds. The Bertz CT molecular complexity index is 188. The minimum Gasteiger partial charge on any atom is -0.0845 e. The molecule has 3 aliphatic carbocycles. The molecule has 0 nitrogen and oxygen atoms in total. The molecule has 0 saturated heterocycles. The van der Waals surface area contributed by atoms with Gasteiger partial charge in [-0.25, -0.2) is 0 Å². The van der Waals surface area contributed by atoms with E-state index >= 15 is 0 Å². The maximum absolute atomic E-state index is 2.46. The maximum Gasteiger partial charge on any atom is -0.0125 e. The molecule has 0 heterocycles. The second kappa shape index (κ2) is 2.37. The predicted octanol–water partition coefficient (Wildman–Crippen LogP) is 3.49. The minimum absolute atomic E-state index is 0.639. The van der Waals surface area contributed by atoms with Gasteiger partial charge >= 0.3 is 0 Å². The Morgan fingerprint density at radius 1 is 1.00 bits per heavy atom. The zero-order chi connectivity index (χ0) is 8.93. The highest BCUT2D eigenvalue weighted by Crippen LogP contribution is 2.65. The summed E-state index contributed by atoms with van der Waals surface area (Å²) in [4.78, 5) is 0. The highest BCUT2D eigenvalue weighted by Gasteiger charge is 2.58. The SMILES string of the molecule is CC(C)C1(C(C)C)C2C=CC1C2. The van der Waals surface area contributed by atoms with Gasteiger partial charge in [0.2, 0.25) is 0 Å². The Morgan fingerprint density at radius 3 is 1.58 bits per heavy atom. The molecule has 1 saturated carbocycles. The average molecular weight is 164 g/mol. The molecule has 0 aliphatic heterocycles. The van der Waals surface area contributed by atoms with E-state index in [2.05, 4.69) is 39.8 Å². The van der Waals surface area contributed by atoms with Crippen LogP contribution in [0.3, 0.4) is 0 Å². The first-order chi connectivity index (χ1) is 5.60. The van der Waals surface area contributed by atoms with Crippen molar-refractivity contribution in [2.75, 3.05) is 0 Å². The lowest BCUT2D eigenvalue weighted by atomic mass is 9.48. The summed E-state index contributed by atoms with van der Waals surface area (Å²) in [7, 11) is 0. The standard InChI is InChI=1S/C12H20/c1-8(2)12(9(3)4)10-5-6-11(12)7-10/h5-6,8-11H,7H2,1-4H3. The smallest absolute Gasteiger partial charge is 0.0125 e. The van der Waals surface area contributed by atoms with E-state index in [4.69, 9.17) is 0 Å². The molecule has 0 aromatic heterocycles. The van der Waals surface area contributed by atoms with Crippen LogP contribution in [0.2, 0.25) is 0 Å². The maximum atomic E-state index is 2.46. The molecule has 3 aliphatic rings. The molecular formula is C12H20. The van der Waals surface area contributed by atoms with E-state index in [-0.39, 0.29) is 0 Å². The fourth-order valence-corrected chi connectivity index (χ4v) is 3.93. The first-order valence-electron chi connectivity index (χ1n) is 5.28. The van der Waals surface area contributed by atoms with Gasteiger partial charge in [-0.3, -0.25) is 0 Å². The summed E-state index contributed by atoms with van der Waals surface area (Å²) in [6.07, 6.45) is 6.37. The van der Waals surface area contributed by atoms with Gasteiger partial charge in [0.25, 0.3) is 0 Å². The van der Waals surface area contributed by atoms with Crippen molar-refractivity contribution in [1.29, 1.82) is 0 Å². The first kappa shape index (κ1) is 8.34. The van der Waals surface area contributed by atoms with Gasteiger partial charge in [0.15, 0.2) is 0 Å². The zero-order valence-corrected chi connectivity index (χ0v) is 8.67. The summed E-state index contributed by atoms with van der Waals surface area (Å²) in [5.41, 5.74) is 0.639. The summed E-state index contributed by atoms with van der Waals surface area (Å²) < 4.78 is 0. The van der Waals surface area contributed by atoms with Gasteiger partial charge in [0, 0.05) is 0 Å². The predicted molar refractivity (Wildman–Crippen MR) is 52.8 cm³/mol. The van der Waals surface area contributed by atoms with Crippen molar-refractivity contribution >= 4 is 0 Å². The molecule has 0 heteroatoms. The average Bonchev–Trinajstić information content (AvgIpc) is 2.40. The molecule has 68 valence electrons. The third kappa shape index (κ3) is 0.694. The fraction of sp³-hybridized carbons (Fsp3) is 0.833. The van der Waals surface area contributed by atoms with Gasteiger partial charge in [0.1, 0.15) is 0 Å². The first-order valence-corrected chi connectivity index (χ1v) is 5.28. The molecule has 0 N–H and O–H groups in total. The molecule has 0 radical (unpaired) electrons. The fourth-order valence-electron chi connectivity index (χ4n) is 3.93. The normalized spacial score (nSPS) is 36.2. The van der Waals surface area contributed by atoms with Crippen LogP contribution in [0.5, 0.6) is 0 Å². The van der Waals surface area contributed by atoms with E-state index in [9.17, 15) is 0 Å². The Hall–Kier alpha value is -0.260. The van der Waals surface area contributed by atoms with Gasteiger partial charge in [-0.05, 0) is 35.5 Å². The van der Waals surface area contributed by atoms with Gasteiger partial charge in [-0.1, -0.05) is 39.8 Å². The van der Waals surface area contributed by atoms with Gasteiger partial charge in [-0.15, -0.1) is 0 Å². The van der Waals surface area contributed by atoms with Gasteiger partial charge in [0.05, 0.1) is 0 Å². The quantitative estimate of drug-likeness (QED) is 0.548. The second-order valence-corrected chi connectivity index (χ2v) is 5.14. The lowest BCUT2D eigenvalue weighted by molar-refractivity contribution is -0.0671. The summed E-state index contributed by atoms with van der Waals surface area (Å²) >= 11 is 0. The molecule has 2 bridgehead atoms. The van der Waals surface area contributed by atoms with Crippen LogP contribution in [0.4, 0.5) is 0 Å². The minimum atomic E-state index is 0.639. The van der Waals surface area contributed by atoms with Crippen molar-refractivity contribution in [2.24, 2.45) is 29.1 Å². The van der Waals surface area contributed by atoms with Crippen LogP contribution < -0.4 is 0 Å². The number of allylic oxidation sites excluding steroid dienone is 2. The van der Waals surface area contributed by atoms with Crippen LogP contribution in [-0.2, 0) is 0 Å². The van der Waals surface area contributed by atoms with Crippen LogP contribution in [0, 0.1) is 29.1 Å². The molecule has 0 spiro atoms. The largest absolute Gasteiger partial charge is 0.0845 e. The van der Waals surface area contributed by atoms with Crippen LogP contribution in [0.15, 0.2) is 12.2 Å². The third-order valence-corrected chi connectivity index (χ3v) is 4.37. The third-order valence-electron chi connectivity index (χ3n) is 4.37. The monoisotopic (exact) mass is 164 g/mol. The summed E-state index contributed by atoms with van der Waals surface area (Å²) in [5, 5.41) is 0. The molecular weight excluding hydrogens is 144 g/mol. The number of hydrogen-bond donors (Lipinski definition) is 0. The van der Waals surface area contributed by atoms with Crippen LogP contribution >= 0.6 is 0 Å². The van der Waals surface area contributed by atoms with E-state index in [0.717, 1.165) is 23.7 Å². The molecule has 2 unspecified atom stereocenters. The molecule has 0 aromatic rings. The van der Waals surface area contributed by atoms with Crippen molar-refractivity contribution < 1.29 is 0 Å². The van der Waals surface area contributed by atoms with Crippen LogP contribution in [0.1, 0.15) is 34.1 Å². The zero-order valence-electron chi connectivity index (χ0n) is 8.67. The summed E-state index contributed by atoms with van der Waals surface area (Å²) in [5.74, 6) is 3.50. The van der Waals surface area contributed by atoms with Crippen LogP contribution in [0.25, 0.3) is 0 Å². The van der Waals surface area contributed by atoms with Gasteiger partial charge in [-0.2, -0.15) is 0 Å². The van der Waals surface area contributed by atoms with Crippen molar-refractivity contribution in [2.45, 2.75) is 34.1 Å². The summed E-state index contributed by atoms with van der Waals surface area (Å²) in [6, 6.07) is 0. The van der Waals surface area contributed by atoms with E-state index < -0.39 is 0 Å². The lowest BCUT2D eigenvalue weighted by Crippen LogP contribution is -2.51. The number of rotatable bonds is 2. The van der Waals surface area contributed by atoms with Crippen molar-refractivity contribution in [1.82, 2.24) is 0 Å². The van der Waals surface area contributed by atoms with E-state index in [1.165, 1.54) is 6.42 Å². The topological polar surface area (TPSA) is 0 Å². The van der Waals surface area contributed by atoms with E-state index in [1.807, 2.05) is 0 Å². The Morgan fingerprint density at radius 2 is 1.42 bits per heavy atom. The highest BCUT2D eigenvalue weighted by molar-refractivity contribution is 5.24. The molecule has 12 heavy (non-hydrogen) atoms. The Kier molecular flexibility index (Phi) is 1.65.